The molecular weight excluding hydrogens is 371 g/mol. The van der Waals surface area contributed by atoms with Gasteiger partial charge in [-0.1, -0.05) is 24.3 Å². The van der Waals surface area contributed by atoms with E-state index in [-0.39, 0.29) is 17.2 Å². The minimum Gasteiger partial charge on any atom is -0.287 e. The summed E-state index contributed by atoms with van der Waals surface area (Å²) in [5.74, 6) is 0.192. The van der Waals surface area contributed by atoms with E-state index in [9.17, 15) is 18.0 Å². The highest BCUT2D eigenvalue weighted by atomic mass is 19.4. The van der Waals surface area contributed by atoms with Gasteiger partial charge in [0, 0.05) is 12.3 Å². The Morgan fingerprint density at radius 3 is 2.39 bits per heavy atom. The molecule has 140 valence electrons. The smallest absolute Gasteiger partial charge is 0.287 e. The summed E-state index contributed by atoms with van der Waals surface area (Å²) in [7, 11) is 0. The summed E-state index contributed by atoms with van der Waals surface area (Å²) >= 11 is 0. The average molecular weight is 383 g/mol. The molecular formula is C19H12F3N5O. The summed E-state index contributed by atoms with van der Waals surface area (Å²) in [6.45, 7) is 0. The monoisotopic (exact) mass is 383 g/mol. The summed E-state index contributed by atoms with van der Waals surface area (Å²) in [6.07, 6.45) is -1.89. The van der Waals surface area contributed by atoms with Crippen LogP contribution in [0.3, 0.4) is 0 Å². The number of aromatic nitrogens is 5. The second-order valence-electron chi connectivity index (χ2n) is 5.85. The van der Waals surface area contributed by atoms with Gasteiger partial charge in [-0.15, -0.1) is 0 Å². The number of halogens is 3. The van der Waals surface area contributed by atoms with E-state index in [4.69, 9.17) is 0 Å². The quantitative estimate of drug-likeness (QED) is 0.543. The molecule has 2 aromatic carbocycles. The third kappa shape index (κ3) is 3.29. The highest BCUT2D eigenvalue weighted by molar-refractivity contribution is 5.52. The molecule has 0 N–H and O–H groups in total. The van der Waals surface area contributed by atoms with Crippen LogP contribution in [0.1, 0.15) is 5.56 Å². The van der Waals surface area contributed by atoms with E-state index in [1.54, 1.807) is 24.3 Å². The number of hydrogen-bond donors (Lipinski definition) is 0. The van der Waals surface area contributed by atoms with Gasteiger partial charge in [0.15, 0.2) is 11.5 Å². The molecule has 0 atom stereocenters. The van der Waals surface area contributed by atoms with Gasteiger partial charge in [-0.05, 0) is 30.3 Å². The molecule has 0 aliphatic heterocycles. The van der Waals surface area contributed by atoms with Crippen molar-refractivity contribution in [2.75, 3.05) is 0 Å². The molecule has 4 aromatic rings. The lowest BCUT2D eigenvalue weighted by molar-refractivity contribution is -0.137. The van der Waals surface area contributed by atoms with Crippen LogP contribution in [-0.2, 0) is 6.18 Å². The Morgan fingerprint density at radius 2 is 1.64 bits per heavy atom. The Balaban J connectivity index is 1.83. The van der Waals surface area contributed by atoms with E-state index in [0.717, 1.165) is 12.1 Å². The van der Waals surface area contributed by atoms with Crippen molar-refractivity contribution in [3.05, 3.63) is 89.0 Å². The predicted molar refractivity (Wildman–Crippen MR) is 95.2 cm³/mol. The molecule has 0 aliphatic carbocycles. The molecule has 28 heavy (non-hydrogen) atoms. The van der Waals surface area contributed by atoms with E-state index >= 15 is 0 Å². The number of hydrogen-bond acceptors (Lipinski definition) is 4. The molecule has 4 rings (SSSR count). The van der Waals surface area contributed by atoms with Crippen LogP contribution in [0.15, 0.2) is 78.0 Å². The minimum absolute atomic E-state index is 0.0266. The molecule has 2 aromatic heterocycles. The van der Waals surface area contributed by atoms with Crippen LogP contribution in [-0.4, -0.2) is 24.5 Å². The topological polar surface area (TPSA) is 65.6 Å². The van der Waals surface area contributed by atoms with E-state index in [1.165, 1.54) is 40.1 Å². The average Bonchev–Trinajstić information content (AvgIpc) is 3.18. The van der Waals surface area contributed by atoms with Gasteiger partial charge in [0.2, 0.25) is 5.43 Å². The zero-order valence-electron chi connectivity index (χ0n) is 14.2. The Kier molecular flexibility index (Phi) is 4.26. The summed E-state index contributed by atoms with van der Waals surface area (Å²) in [5, 5.41) is 8.33. The summed E-state index contributed by atoms with van der Waals surface area (Å²) in [5.41, 5.74) is -0.415. The van der Waals surface area contributed by atoms with E-state index in [1.807, 2.05) is 6.07 Å². The van der Waals surface area contributed by atoms with Crippen LogP contribution in [0, 0.1) is 0 Å². The molecule has 0 bridgehead atoms. The minimum atomic E-state index is -4.48. The lowest BCUT2D eigenvalue weighted by atomic mass is 10.2. The van der Waals surface area contributed by atoms with Crippen LogP contribution < -0.4 is 5.43 Å². The summed E-state index contributed by atoms with van der Waals surface area (Å²) in [4.78, 5) is 16.5. The normalized spacial score (nSPS) is 11.5. The van der Waals surface area contributed by atoms with Gasteiger partial charge in [0.05, 0.1) is 16.9 Å². The fourth-order valence-electron chi connectivity index (χ4n) is 2.69. The van der Waals surface area contributed by atoms with Gasteiger partial charge in [-0.2, -0.15) is 23.4 Å². The Labute approximate surface area is 156 Å². The predicted octanol–water partition coefficient (Wildman–Crippen LogP) is 3.50. The van der Waals surface area contributed by atoms with Crippen LogP contribution in [0.5, 0.6) is 0 Å². The molecule has 0 saturated carbocycles. The van der Waals surface area contributed by atoms with Gasteiger partial charge in [-0.3, -0.25) is 4.79 Å². The number of rotatable bonds is 3. The number of para-hydroxylation sites is 1. The first-order valence-electron chi connectivity index (χ1n) is 8.17. The molecule has 9 heteroatoms. The SMILES string of the molecule is O=c1ccn(-c2cccc(C(F)(F)F)c2)nc1-c1ncnn1-c1ccccc1. The van der Waals surface area contributed by atoms with Gasteiger partial charge in [0.25, 0.3) is 0 Å². The van der Waals surface area contributed by atoms with Gasteiger partial charge < -0.3 is 0 Å². The van der Waals surface area contributed by atoms with E-state index in [2.05, 4.69) is 15.2 Å². The number of benzene rings is 2. The van der Waals surface area contributed by atoms with Crippen molar-refractivity contribution in [3.63, 3.8) is 0 Å². The van der Waals surface area contributed by atoms with Crippen LogP contribution >= 0.6 is 0 Å². The van der Waals surface area contributed by atoms with Crippen molar-refractivity contribution < 1.29 is 13.2 Å². The van der Waals surface area contributed by atoms with Crippen molar-refractivity contribution in [1.82, 2.24) is 24.5 Å². The zero-order valence-corrected chi connectivity index (χ0v) is 14.2. The first-order valence-corrected chi connectivity index (χ1v) is 8.17. The first kappa shape index (κ1) is 17.7. The van der Waals surface area contributed by atoms with Crippen LogP contribution in [0.2, 0.25) is 0 Å². The molecule has 0 amide bonds. The van der Waals surface area contributed by atoms with E-state index in [0.29, 0.717) is 5.69 Å². The highest BCUT2D eigenvalue weighted by Crippen LogP contribution is 2.30. The van der Waals surface area contributed by atoms with Crippen molar-refractivity contribution in [1.29, 1.82) is 0 Å². The maximum absolute atomic E-state index is 13.0. The van der Waals surface area contributed by atoms with Gasteiger partial charge >= 0.3 is 6.18 Å². The second-order valence-corrected chi connectivity index (χ2v) is 5.85. The lowest BCUT2D eigenvalue weighted by Gasteiger charge is -2.11. The lowest BCUT2D eigenvalue weighted by Crippen LogP contribution is -2.16. The highest BCUT2D eigenvalue weighted by Gasteiger charge is 2.30. The maximum atomic E-state index is 13.0. The molecule has 0 radical (unpaired) electrons. The second kappa shape index (κ2) is 6.76. The molecule has 2 heterocycles. The van der Waals surface area contributed by atoms with Gasteiger partial charge in [-0.25, -0.2) is 14.3 Å². The van der Waals surface area contributed by atoms with Crippen molar-refractivity contribution in [3.8, 4) is 22.9 Å². The zero-order chi connectivity index (χ0) is 19.7. The summed E-state index contributed by atoms with van der Waals surface area (Å²) < 4.78 is 41.6. The third-order valence-electron chi connectivity index (χ3n) is 4.01. The first-order chi connectivity index (χ1) is 13.4. The Morgan fingerprint density at radius 1 is 0.893 bits per heavy atom. The molecule has 0 unspecified atom stereocenters. The van der Waals surface area contributed by atoms with Crippen LogP contribution in [0.4, 0.5) is 13.2 Å². The molecule has 0 aliphatic rings. The Hall–Kier alpha value is -3.75. The molecule has 0 fully saturated rings. The molecule has 0 spiro atoms. The molecule has 0 saturated heterocycles. The maximum Gasteiger partial charge on any atom is 0.416 e. The van der Waals surface area contributed by atoms with Gasteiger partial charge in [0.1, 0.15) is 6.33 Å². The standard InChI is InChI=1S/C19H12F3N5O/c20-19(21,22)13-5-4-8-15(11-13)26-10-9-16(28)17(25-26)18-23-12-24-27(18)14-6-2-1-3-7-14/h1-12H. The van der Waals surface area contributed by atoms with Crippen molar-refractivity contribution in [2.24, 2.45) is 0 Å². The Bertz CT molecular complexity index is 1180. The van der Waals surface area contributed by atoms with Crippen molar-refractivity contribution in [2.45, 2.75) is 6.18 Å². The largest absolute Gasteiger partial charge is 0.416 e. The number of alkyl halides is 3. The molecule has 6 nitrogen and oxygen atoms in total. The number of nitrogens with zero attached hydrogens (tertiary/aromatic N) is 5. The summed E-state index contributed by atoms with van der Waals surface area (Å²) in [6, 6.07) is 14.9. The fourth-order valence-corrected chi connectivity index (χ4v) is 2.69. The van der Waals surface area contributed by atoms with E-state index < -0.39 is 17.2 Å². The third-order valence-corrected chi connectivity index (χ3v) is 4.01. The van der Waals surface area contributed by atoms with Crippen LogP contribution in [0.25, 0.3) is 22.9 Å². The van der Waals surface area contributed by atoms with Crippen molar-refractivity contribution >= 4 is 0 Å². The fraction of sp³-hybridized carbons (Fsp3) is 0.0526.